The number of hydrogen-bond acceptors (Lipinski definition) is 5. The lowest BCUT2D eigenvalue weighted by Gasteiger charge is -2.20. The average Bonchev–Trinajstić information content (AvgIpc) is 2.60. The number of aromatic nitrogens is 1. The minimum atomic E-state index is -1.09. The first-order valence-electron chi connectivity index (χ1n) is 8.47. The minimum Gasteiger partial charge on any atom is -0.490 e. The van der Waals surface area contributed by atoms with Crippen molar-refractivity contribution in [1.82, 2.24) is 10.3 Å². The molecule has 0 aliphatic rings. The van der Waals surface area contributed by atoms with Crippen molar-refractivity contribution in [1.29, 1.82) is 0 Å². The molecule has 1 amide bonds. The van der Waals surface area contributed by atoms with Crippen molar-refractivity contribution in [2.45, 2.75) is 26.3 Å². The highest BCUT2D eigenvalue weighted by Gasteiger charge is 2.16. The number of pyridine rings is 1. The summed E-state index contributed by atoms with van der Waals surface area (Å²) in [7, 11) is 0. The number of benzene rings is 1. The molecule has 0 aliphatic carbocycles. The van der Waals surface area contributed by atoms with Crippen molar-refractivity contribution >= 4 is 43.8 Å². The summed E-state index contributed by atoms with van der Waals surface area (Å²) in [6.07, 6.45) is 2.65. The van der Waals surface area contributed by atoms with E-state index >= 15 is 0 Å². The summed E-state index contributed by atoms with van der Waals surface area (Å²) < 4.78 is 11.9. The Labute approximate surface area is 163 Å². The smallest absolute Gasteiger partial charge is 0.404 e. The zero-order valence-corrected chi connectivity index (χ0v) is 16.4. The third kappa shape index (κ3) is 4.39. The normalized spacial score (nSPS) is 12.4. The van der Waals surface area contributed by atoms with Gasteiger partial charge in [0.1, 0.15) is 17.9 Å². The first kappa shape index (κ1) is 19.2. The molecule has 0 radical (unpaired) electrons. The van der Waals surface area contributed by atoms with E-state index in [0.29, 0.717) is 33.5 Å². The van der Waals surface area contributed by atoms with Gasteiger partial charge in [0.15, 0.2) is 0 Å². The largest absolute Gasteiger partial charge is 0.490 e. The number of nitrogens with zero attached hydrogens (tertiary/aromatic N) is 1. The van der Waals surface area contributed by atoms with Crippen molar-refractivity contribution in [2.75, 3.05) is 6.61 Å². The van der Waals surface area contributed by atoms with Crippen molar-refractivity contribution < 1.29 is 19.1 Å². The van der Waals surface area contributed by atoms with Gasteiger partial charge < -0.3 is 19.6 Å². The maximum atomic E-state index is 12.2. The molecule has 3 rings (SSSR count). The Kier molecular flexibility index (Phi) is 5.65. The Bertz CT molecular complexity index is 1050. The summed E-state index contributed by atoms with van der Waals surface area (Å²) in [6.45, 7) is 4.19. The van der Waals surface area contributed by atoms with Gasteiger partial charge >= 0.3 is 11.7 Å². The van der Waals surface area contributed by atoms with Crippen LogP contribution in [0.4, 0.5) is 4.79 Å². The molecule has 2 heterocycles. The molecular weight excluding hydrogens is 416 g/mol. The van der Waals surface area contributed by atoms with Crippen molar-refractivity contribution in [2.24, 2.45) is 5.92 Å². The molecule has 1 aromatic carbocycles. The third-order valence-corrected chi connectivity index (χ3v) is 4.71. The molecule has 142 valence electrons. The van der Waals surface area contributed by atoms with Crippen LogP contribution in [0.25, 0.3) is 21.7 Å². The van der Waals surface area contributed by atoms with E-state index < -0.39 is 11.7 Å². The number of amides is 1. The summed E-state index contributed by atoms with van der Waals surface area (Å²) in [5.41, 5.74) is -0.0763. The molecule has 0 fully saturated rings. The Balaban J connectivity index is 1.93. The number of halogens is 1. The highest BCUT2D eigenvalue weighted by molar-refractivity contribution is 9.10. The van der Waals surface area contributed by atoms with Crippen LogP contribution in [-0.4, -0.2) is 28.8 Å². The van der Waals surface area contributed by atoms with E-state index in [0.717, 1.165) is 10.8 Å². The fraction of sp³-hybridized carbons (Fsp3) is 0.316. The van der Waals surface area contributed by atoms with Gasteiger partial charge in [-0.2, -0.15) is 0 Å². The maximum absolute atomic E-state index is 12.2. The molecule has 0 bridgehead atoms. The average molecular weight is 435 g/mol. The van der Waals surface area contributed by atoms with Gasteiger partial charge in [-0.3, -0.25) is 4.98 Å². The molecule has 1 unspecified atom stereocenters. The van der Waals surface area contributed by atoms with Gasteiger partial charge in [0, 0.05) is 29.2 Å². The van der Waals surface area contributed by atoms with E-state index in [-0.39, 0.29) is 12.6 Å². The quantitative estimate of drug-likeness (QED) is 0.445. The molecule has 0 aliphatic heterocycles. The van der Waals surface area contributed by atoms with Gasteiger partial charge in [0.2, 0.25) is 0 Å². The van der Waals surface area contributed by atoms with Gasteiger partial charge in [-0.15, -0.1) is 0 Å². The summed E-state index contributed by atoms with van der Waals surface area (Å²) in [5, 5.41) is 13.4. The van der Waals surface area contributed by atoms with Crippen molar-refractivity contribution in [3.8, 4) is 5.75 Å². The highest BCUT2D eigenvalue weighted by atomic mass is 79.9. The van der Waals surface area contributed by atoms with E-state index in [1.807, 2.05) is 19.9 Å². The lowest BCUT2D eigenvalue weighted by Crippen LogP contribution is -2.39. The second-order valence-electron chi connectivity index (χ2n) is 6.68. The fourth-order valence-electron chi connectivity index (χ4n) is 2.99. The van der Waals surface area contributed by atoms with Crippen LogP contribution < -0.4 is 15.7 Å². The van der Waals surface area contributed by atoms with E-state index in [1.165, 1.54) is 6.20 Å². The zero-order valence-electron chi connectivity index (χ0n) is 14.9. The fourth-order valence-corrected chi connectivity index (χ4v) is 3.45. The van der Waals surface area contributed by atoms with E-state index in [9.17, 15) is 9.59 Å². The van der Waals surface area contributed by atoms with Crippen LogP contribution in [-0.2, 0) is 0 Å². The van der Waals surface area contributed by atoms with Crippen LogP contribution in [0, 0.1) is 5.92 Å². The predicted molar refractivity (Wildman–Crippen MR) is 105 cm³/mol. The summed E-state index contributed by atoms with van der Waals surface area (Å²) in [4.78, 5) is 27.1. The first-order valence-corrected chi connectivity index (χ1v) is 9.26. The van der Waals surface area contributed by atoms with E-state index in [4.69, 9.17) is 14.3 Å². The molecule has 0 spiro atoms. The molecule has 2 aromatic heterocycles. The molecule has 1 atom stereocenters. The van der Waals surface area contributed by atoms with Crippen molar-refractivity contribution in [3.63, 3.8) is 0 Å². The molecule has 27 heavy (non-hydrogen) atoms. The zero-order chi connectivity index (χ0) is 19.6. The van der Waals surface area contributed by atoms with Crippen LogP contribution in [0.3, 0.4) is 0 Å². The monoisotopic (exact) mass is 434 g/mol. The molecule has 3 aromatic rings. The summed E-state index contributed by atoms with van der Waals surface area (Å²) in [6, 6.07) is 4.86. The van der Waals surface area contributed by atoms with Crippen LogP contribution in [0.15, 0.2) is 44.3 Å². The maximum Gasteiger partial charge on any atom is 0.404 e. The lowest BCUT2D eigenvalue weighted by molar-refractivity contribution is 0.176. The lowest BCUT2D eigenvalue weighted by atomic mass is 10.0. The summed E-state index contributed by atoms with van der Waals surface area (Å²) in [5.74, 6) is 0.781. The molecule has 0 saturated carbocycles. The van der Waals surface area contributed by atoms with Gasteiger partial charge in [-0.1, -0.05) is 13.8 Å². The van der Waals surface area contributed by atoms with Gasteiger partial charge in [0.05, 0.1) is 15.9 Å². The van der Waals surface area contributed by atoms with Crippen molar-refractivity contribution in [3.05, 3.63) is 45.5 Å². The number of fused-ring (bicyclic) bond motifs is 3. The van der Waals surface area contributed by atoms with Crippen LogP contribution >= 0.6 is 15.9 Å². The van der Waals surface area contributed by atoms with Gasteiger partial charge in [0.25, 0.3) is 0 Å². The Morgan fingerprint density at radius 1 is 1.33 bits per heavy atom. The first-order chi connectivity index (χ1) is 12.8. The number of hydrogen-bond donors (Lipinski definition) is 2. The van der Waals surface area contributed by atoms with Crippen LogP contribution in [0.1, 0.15) is 20.3 Å². The van der Waals surface area contributed by atoms with Crippen LogP contribution in [0.5, 0.6) is 5.75 Å². The molecule has 8 heteroatoms. The predicted octanol–water partition coefficient (Wildman–Crippen LogP) is 4.16. The highest BCUT2D eigenvalue weighted by Crippen LogP contribution is 2.33. The van der Waals surface area contributed by atoms with E-state index in [1.54, 1.807) is 18.3 Å². The second kappa shape index (κ2) is 7.96. The standard InChI is InChI=1S/C19H19BrN2O5/c1-10(2)5-11(22-19(24)25)9-26-17-7-16-13(6-15(17)20)12-3-4-21-8-14(12)18(23)27-16/h3-4,6-8,10-11,22H,5,9H2,1-2H3,(H,24,25). The van der Waals surface area contributed by atoms with Crippen LogP contribution in [0.2, 0.25) is 0 Å². The van der Waals surface area contributed by atoms with Gasteiger partial charge in [-0.05, 0) is 40.4 Å². The van der Waals surface area contributed by atoms with Gasteiger partial charge in [-0.25, -0.2) is 9.59 Å². The Hall–Kier alpha value is -2.61. The number of nitrogens with one attached hydrogen (secondary N) is 1. The number of carbonyl (C=O) groups is 1. The topological polar surface area (TPSA) is 102 Å². The minimum absolute atomic E-state index is 0.163. The number of rotatable bonds is 6. The Morgan fingerprint density at radius 2 is 2.11 bits per heavy atom. The third-order valence-electron chi connectivity index (χ3n) is 4.09. The number of carboxylic acid groups (broad SMARTS) is 1. The Morgan fingerprint density at radius 3 is 2.81 bits per heavy atom. The molecule has 2 N–H and O–H groups in total. The molecule has 0 saturated heterocycles. The SMILES string of the molecule is CC(C)CC(COc1cc2oc(=O)c3cnccc3c2cc1Br)NC(=O)O. The summed E-state index contributed by atoms with van der Waals surface area (Å²) >= 11 is 3.48. The molecule has 7 nitrogen and oxygen atoms in total. The molecular formula is C19H19BrN2O5. The van der Waals surface area contributed by atoms with E-state index in [2.05, 4.69) is 26.2 Å². The second-order valence-corrected chi connectivity index (χ2v) is 7.53. The number of ether oxygens (including phenoxy) is 1.